The number of aromatic nitrogens is 3. The topological polar surface area (TPSA) is 107 Å². The van der Waals surface area contributed by atoms with Gasteiger partial charge in [-0.15, -0.1) is 0 Å². The lowest BCUT2D eigenvalue weighted by molar-refractivity contribution is -0.385. The lowest BCUT2D eigenvalue weighted by Gasteiger charge is -2.09. The molecule has 0 bridgehead atoms. The highest BCUT2D eigenvalue weighted by molar-refractivity contribution is 7.90. The molecule has 0 amide bonds. The summed E-state index contributed by atoms with van der Waals surface area (Å²) in [7, 11) is -3.82. The van der Waals surface area contributed by atoms with Gasteiger partial charge >= 0.3 is 0 Å². The van der Waals surface area contributed by atoms with Gasteiger partial charge in [0.05, 0.1) is 27.0 Å². The van der Waals surface area contributed by atoms with Crippen LogP contribution in [0.1, 0.15) is 11.3 Å². The van der Waals surface area contributed by atoms with E-state index < -0.39 is 20.5 Å². The number of halogens is 1. The molecule has 2 aromatic heterocycles. The summed E-state index contributed by atoms with van der Waals surface area (Å²) >= 11 is 5.83. The Morgan fingerprint density at radius 3 is 2.53 bits per heavy atom. The van der Waals surface area contributed by atoms with Crippen LogP contribution in [0, 0.1) is 17.0 Å². The van der Waals surface area contributed by atoms with Crippen molar-refractivity contribution < 1.29 is 13.3 Å². The molecule has 0 aliphatic carbocycles. The first kappa shape index (κ1) is 20.0. The van der Waals surface area contributed by atoms with Gasteiger partial charge in [-0.25, -0.2) is 17.9 Å². The first-order valence-corrected chi connectivity index (χ1v) is 10.8. The third-order valence-corrected chi connectivity index (χ3v) is 6.50. The Kier molecular flexibility index (Phi) is 5.00. The van der Waals surface area contributed by atoms with Crippen molar-refractivity contribution in [2.75, 3.05) is 0 Å². The zero-order chi connectivity index (χ0) is 21.5. The van der Waals surface area contributed by atoms with Crippen molar-refractivity contribution in [2.45, 2.75) is 17.6 Å². The summed E-state index contributed by atoms with van der Waals surface area (Å²) in [5.41, 5.74) is 2.45. The molecule has 0 aliphatic rings. The van der Waals surface area contributed by atoms with E-state index in [4.69, 9.17) is 11.6 Å². The summed E-state index contributed by atoms with van der Waals surface area (Å²) in [6.45, 7) is 1.83. The van der Waals surface area contributed by atoms with Gasteiger partial charge in [-0.1, -0.05) is 11.6 Å². The SMILES string of the molecule is Cc1cc2nccc(-c3ccc([N+](=O)[O-])c(CS(=O)(=O)c4ccc(Cl)cc4)c3)n2n1. The molecule has 10 heteroatoms. The summed E-state index contributed by atoms with van der Waals surface area (Å²) in [6.07, 6.45) is 1.61. The predicted molar refractivity (Wildman–Crippen MR) is 112 cm³/mol. The monoisotopic (exact) mass is 442 g/mol. The highest BCUT2D eigenvalue weighted by atomic mass is 35.5. The first-order chi connectivity index (χ1) is 14.2. The Morgan fingerprint density at radius 2 is 1.83 bits per heavy atom. The van der Waals surface area contributed by atoms with Crippen LogP contribution < -0.4 is 0 Å². The second kappa shape index (κ2) is 7.51. The molecule has 30 heavy (non-hydrogen) atoms. The zero-order valence-corrected chi connectivity index (χ0v) is 17.3. The molecule has 0 atom stereocenters. The van der Waals surface area contributed by atoms with E-state index in [0.29, 0.717) is 21.9 Å². The second-order valence-corrected chi connectivity index (χ2v) is 9.13. The van der Waals surface area contributed by atoms with Crippen molar-refractivity contribution in [3.8, 4) is 11.3 Å². The number of nitro groups is 1. The van der Waals surface area contributed by atoms with E-state index >= 15 is 0 Å². The number of sulfone groups is 1. The number of aryl methyl sites for hydroxylation is 1. The minimum Gasteiger partial charge on any atom is -0.258 e. The third kappa shape index (κ3) is 3.77. The molecule has 152 valence electrons. The number of nitro benzene ring substituents is 1. The van der Waals surface area contributed by atoms with Crippen LogP contribution in [0.4, 0.5) is 5.69 Å². The number of hydrogen-bond acceptors (Lipinski definition) is 6. The molecular formula is C20H15ClN4O4S. The van der Waals surface area contributed by atoms with Crippen LogP contribution in [0.5, 0.6) is 0 Å². The molecule has 0 aliphatic heterocycles. The molecule has 4 rings (SSSR count). The number of nitrogens with zero attached hydrogens (tertiary/aromatic N) is 4. The number of rotatable bonds is 5. The fourth-order valence-corrected chi connectivity index (χ4v) is 4.68. The van der Waals surface area contributed by atoms with Gasteiger partial charge in [0.15, 0.2) is 15.5 Å². The molecule has 0 N–H and O–H groups in total. The van der Waals surface area contributed by atoms with Crippen LogP contribution in [-0.2, 0) is 15.6 Å². The van der Waals surface area contributed by atoms with Crippen LogP contribution >= 0.6 is 11.6 Å². The van der Waals surface area contributed by atoms with Crippen LogP contribution in [0.2, 0.25) is 5.02 Å². The van der Waals surface area contributed by atoms with E-state index in [-0.39, 0.29) is 16.1 Å². The van der Waals surface area contributed by atoms with E-state index in [0.717, 1.165) is 5.69 Å². The van der Waals surface area contributed by atoms with Crippen molar-refractivity contribution in [1.82, 2.24) is 14.6 Å². The lowest BCUT2D eigenvalue weighted by atomic mass is 10.1. The van der Waals surface area contributed by atoms with E-state index in [2.05, 4.69) is 10.1 Å². The van der Waals surface area contributed by atoms with Crippen LogP contribution in [-0.4, -0.2) is 27.9 Å². The van der Waals surface area contributed by atoms with E-state index in [1.54, 1.807) is 28.9 Å². The summed E-state index contributed by atoms with van der Waals surface area (Å²) in [5, 5.41) is 16.3. The molecule has 2 aromatic carbocycles. The number of benzene rings is 2. The van der Waals surface area contributed by atoms with Crippen LogP contribution in [0.15, 0.2) is 65.7 Å². The number of fused-ring (bicyclic) bond motifs is 1. The first-order valence-electron chi connectivity index (χ1n) is 8.82. The highest BCUT2D eigenvalue weighted by Crippen LogP contribution is 2.30. The molecule has 0 fully saturated rings. The summed E-state index contributed by atoms with van der Waals surface area (Å²) in [4.78, 5) is 15.2. The second-order valence-electron chi connectivity index (χ2n) is 6.70. The Hall–Kier alpha value is -3.30. The minimum absolute atomic E-state index is 0.0422. The Balaban J connectivity index is 1.82. The van der Waals surface area contributed by atoms with Gasteiger partial charge in [0.2, 0.25) is 0 Å². The van der Waals surface area contributed by atoms with Crippen molar-refractivity contribution >= 4 is 32.8 Å². The Labute approximate surface area is 176 Å². The van der Waals surface area contributed by atoms with Gasteiger partial charge in [-0.2, -0.15) is 5.10 Å². The van der Waals surface area contributed by atoms with Crippen molar-refractivity contribution in [3.05, 3.63) is 87.2 Å². The fraction of sp³-hybridized carbons (Fsp3) is 0.100. The molecule has 0 radical (unpaired) electrons. The Morgan fingerprint density at radius 1 is 1.10 bits per heavy atom. The quantitative estimate of drug-likeness (QED) is 0.338. The molecule has 0 saturated heterocycles. The maximum atomic E-state index is 12.9. The molecule has 0 spiro atoms. The van der Waals surface area contributed by atoms with Gasteiger partial charge in [-0.05, 0) is 49.4 Å². The molecule has 8 nitrogen and oxygen atoms in total. The van der Waals surface area contributed by atoms with E-state index in [1.165, 1.54) is 36.4 Å². The minimum atomic E-state index is -3.82. The smallest absolute Gasteiger partial charge is 0.258 e. The van der Waals surface area contributed by atoms with Crippen LogP contribution in [0.3, 0.4) is 0 Å². The summed E-state index contributed by atoms with van der Waals surface area (Å²) in [6, 6.07) is 13.6. The van der Waals surface area contributed by atoms with Gasteiger partial charge in [0, 0.05) is 34.5 Å². The maximum Gasteiger partial charge on any atom is 0.273 e. The molecule has 4 aromatic rings. The van der Waals surface area contributed by atoms with Crippen molar-refractivity contribution in [2.24, 2.45) is 0 Å². The average molecular weight is 443 g/mol. The van der Waals surface area contributed by atoms with E-state index in [9.17, 15) is 18.5 Å². The van der Waals surface area contributed by atoms with E-state index in [1.807, 2.05) is 6.92 Å². The predicted octanol–water partition coefficient (Wildman–Crippen LogP) is 4.24. The summed E-state index contributed by atoms with van der Waals surface area (Å²) in [5.74, 6) is -0.523. The van der Waals surface area contributed by atoms with Gasteiger partial charge in [0.1, 0.15) is 0 Å². The Bertz CT molecular complexity index is 1380. The molecule has 0 unspecified atom stereocenters. The molecule has 0 saturated carbocycles. The summed E-state index contributed by atoms with van der Waals surface area (Å²) < 4.78 is 27.3. The number of hydrogen-bond donors (Lipinski definition) is 0. The van der Waals surface area contributed by atoms with Crippen molar-refractivity contribution in [1.29, 1.82) is 0 Å². The lowest BCUT2D eigenvalue weighted by Crippen LogP contribution is -2.07. The van der Waals surface area contributed by atoms with Crippen molar-refractivity contribution in [3.63, 3.8) is 0 Å². The zero-order valence-electron chi connectivity index (χ0n) is 15.7. The van der Waals surface area contributed by atoms with Gasteiger partial charge in [0.25, 0.3) is 5.69 Å². The van der Waals surface area contributed by atoms with Crippen LogP contribution in [0.25, 0.3) is 16.9 Å². The molecule has 2 heterocycles. The average Bonchev–Trinajstić information content (AvgIpc) is 3.08. The third-order valence-electron chi connectivity index (χ3n) is 4.57. The maximum absolute atomic E-state index is 12.9. The highest BCUT2D eigenvalue weighted by Gasteiger charge is 2.23. The normalized spacial score (nSPS) is 11.7. The molecular weight excluding hydrogens is 428 g/mol. The van der Waals surface area contributed by atoms with Gasteiger partial charge < -0.3 is 0 Å². The largest absolute Gasteiger partial charge is 0.273 e. The van der Waals surface area contributed by atoms with Gasteiger partial charge in [-0.3, -0.25) is 10.1 Å². The fourth-order valence-electron chi connectivity index (χ4n) is 3.20. The standard InChI is InChI=1S/C20H15ClN4O4S/c1-13-10-20-22-9-8-18(24(20)23-13)14-2-7-19(25(26)27)15(11-14)12-30(28,29)17-5-3-16(21)4-6-17/h2-11H,12H2,1H3.